The summed E-state index contributed by atoms with van der Waals surface area (Å²) in [5.41, 5.74) is 1.47. The van der Waals surface area contributed by atoms with E-state index in [1.165, 1.54) is 11.8 Å². The Bertz CT molecular complexity index is 959. The summed E-state index contributed by atoms with van der Waals surface area (Å²) in [6.07, 6.45) is 7.24. The summed E-state index contributed by atoms with van der Waals surface area (Å²) < 4.78 is 2.13. The van der Waals surface area contributed by atoms with Crippen LogP contribution in [0.2, 0.25) is 5.15 Å². The monoisotopic (exact) mass is 400 g/mol. The van der Waals surface area contributed by atoms with Gasteiger partial charge in [-0.15, -0.1) is 10.2 Å². The van der Waals surface area contributed by atoms with Crippen LogP contribution < -0.4 is 5.32 Å². The van der Waals surface area contributed by atoms with Gasteiger partial charge in [-0.25, -0.2) is 4.98 Å². The highest BCUT2D eigenvalue weighted by Gasteiger charge is 2.31. The molecule has 27 heavy (non-hydrogen) atoms. The lowest BCUT2D eigenvalue weighted by atomic mass is 10.2. The number of anilines is 1. The van der Waals surface area contributed by atoms with Crippen LogP contribution in [0.15, 0.2) is 48.0 Å². The van der Waals surface area contributed by atoms with Gasteiger partial charge in [0.1, 0.15) is 0 Å². The Balaban J connectivity index is 1.53. The number of carbonyl (C=O) groups is 1. The summed E-state index contributed by atoms with van der Waals surface area (Å²) in [6.45, 7) is 1.84. The fourth-order valence-electron chi connectivity index (χ4n) is 2.64. The van der Waals surface area contributed by atoms with Crippen molar-refractivity contribution in [2.24, 2.45) is 0 Å². The number of hydrogen-bond donors (Lipinski definition) is 1. The van der Waals surface area contributed by atoms with E-state index in [1.54, 1.807) is 30.7 Å². The molecule has 0 radical (unpaired) electrons. The van der Waals surface area contributed by atoms with Gasteiger partial charge in [-0.3, -0.25) is 14.3 Å². The zero-order chi connectivity index (χ0) is 18.8. The first-order valence-corrected chi connectivity index (χ1v) is 9.82. The number of nitrogens with zero attached hydrogens (tertiary/aromatic N) is 5. The molecule has 0 bridgehead atoms. The molecule has 3 aromatic heterocycles. The maximum atomic E-state index is 12.6. The van der Waals surface area contributed by atoms with Crippen molar-refractivity contribution in [3.63, 3.8) is 0 Å². The SMILES string of the molecule is C[C@H](Sc1nnc(-c2ccncc2)n1C1CC1)C(=O)Nc1cccnc1Cl. The third-order valence-corrected chi connectivity index (χ3v) is 5.54. The standard InChI is InChI=1S/C18H17ClN6OS/c1-11(17(26)22-14-3-2-8-21-15(14)19)27-18-24-23-16(25(18)13-4-5-13)12-6-9-20-10-7-12/h2-3,6-11,13H,4-5H2,1H3,(H,22,26)/t11-/m0/s1. The Morgan fingerprint density at radius 2 is 2.04 bits per heavy atom. The summed E-state index contributed by atoms with van der Waals surface area (Å²) in [5, 5.41) is 12.2. The van der Waals surface area contributed by atoms with Crippen molar-refractivity contribution < 1.29 is 4.79 Å². The third-order valence-electron chi connectivity index (χ3n) is 4.18. The number of rotatable bonds is 6. The summed E-state index contributed by atoms with van der Waals surface area (Å²) in [4.78, 5) is 20.6. The Morgan fingerprint density at radius 3 is 2.74 bits per heavy atom. The third kappa shape index (κ3) is 3.96. The summed E-state index contributed by atoms with van der Waals surface area (Å²) >= 11 is 7.40. The first-order chi connectivity index (χ1) is 13.1. The van der Waals surface area contributed by atoms with E-state index in [-0.39, 0.29) is 16.3 Å². The molecule has 0 aliphatic heterocycles. The molecule has 138 valence electrons. The molecule has 1 aliphatic carbocycles. The molecule has 1 atom stereocenters. The number of amides is 1. The molecule has 0 spiro atoms. The quantitative estimate of drug-likeness (QED) is 0.499. The molecular formula is C18H17ClN6OS. The number of thioether (sulfide) groups is 1. The van der Waals surface area contributed by atoms with Crippen molar-refractivity contribution in [2.75, 3.05) is 5.32 Å². The van der Waals surface area contributed by atoms with Crippen LogP contribution >= 0.6 is 23.4 Å². The number of nitrogens with one attached hydrogen (secondary N) is 1. The molecule has 7 nitrogen and oxygen atoms in total. The first-order valence-electron chi connectivity index (χ1n) is 8.57. The number of pyridine rings is 2. The minimum absolute atomic E-state index is 0.161. The largest absolute Gasteiger partial charge is 0.322 e. The van der Waals surface area contributed by atoms with Crippen LogP contribution in [-0.2, 0) is 4.79 Å². The second-order valence-corrected chi connectivity index (χ2v) is 7.90. The lowest BCUT2D eigenvalue weighted by molar-refractivity contribution is -0.115. The lowest BCUT2D eigenvalue weighted by Crippen LogP contribution is -2.23. The van der Waals surface area contributed by atoms with Gasteiger partial charge in [-0.1, -0.05) is 23.4 Å². The molecule has 3 aromatic rings. The van der Waals surface area contributed by atoms with Crippen LogP contribution in [-0.4, -0.2) is 35.9 Å². The van der Waals surface area contributed by atoms with Gasteiger partial charge in [0.25, 0.3) is 0 Å². The van der Waals surface area contributed by atoms with E-state index in [2.05, 4.69) is 30.0 Å². The molecular weight excluding hydrogens is 384 g/mol. The van der Waals surface area contributed by atoms with Crippen molar-refractivity contribution in [1.82, 2.24) is 24.7 Å². The summed E-state index contributed by atoms with van der Waals surface area (Å²) in [5.74, 6) is 0.649. The second kappa shape index (κ2) is 7.66. The van der Waals surface area contributed by atoms with E-state index in [9.17, 15) is 4.79 Å². The van der Waals surface area contributed by atoms with Crippen LogP contribution in [0.5, 0.6) is 0 Å². The van der Waals surface area contributed by atoms with E-state index < -0.39 is 0 Å². The lowest BCUT2D eigenvalue weighted by Gasteiger charge is -2.13. The Labute approximate surface area is 165 Å². The van der Waals surface area contributed by atoms with E-state index >= 15 is 0 Å². The van der Waals surface area contributed by atoms with Crippen LogP contribution in [0.1, 0.15) is 25.8 Å². The van der Waals surface area contributed by atoms with Gasteiger partial charge in [0.15, 0.2) is 16.1 Å². The normalized spacial score (nSPS) is 14.7. The Hall–Kier alpha value is -2.45. The van der Waals surface area contributed by atoms with Gasteiger partial charge in [0.05, 0.1) is 10.9 Å². The van der Waals surface area contributed by atoms with Crippen molar-refractivity contribution >= 4 is 35.0 Å². The maximum absolute atomic E-state index is 12.6. The zero-order valence-corrected chi connectivity index (χ0v) is 16.1. The van der Waals surface area contributed by atoms with Gasteiger partial charge in [-0.2, -0.15) is 0 Å². The second-order valence-electron chi connectivity index (χ2n) is 6.23. The topological polar surface area (TPSA) is 85.6 Å². The molecule has 0 unspecified atom stereocenters. The fourth-order valence-corrected chi connectivity index (χ4v) is 3.73. The van der Waals surface area contributed by atoms with Crippen LogP contribution in [0.4, 0.5) is 5.69 Å². The van der Waals surface area contributed by atoms with E-state index in [1.807, 2.05) is 19.1 Å². The Kier molecular flexibility index (Phi) is 5.09. The Morgan fingerprint density at radius 1 is 1.26 bits per heavy atom. The molecule has 1 amide bonds. The average molecular weight is 401 g/mol. The highest BCUT2D eigenvalue weighted by Crippen LogP contribution is 2.41. The number of carbonyl (C=O) groups excluding carboxylic acids is 1. The highest BCUT2D eigenvalue weighted by molar-refractivity contribution is 8.00. The van der Waals surface area contributed by atoms with Gasteiger partial charge < -0.3 is 5.32 Å². The molecule has 1 fully saturated rings. The summed E-state index contributed by atoms with van der Waals surface area (Å²) in [6, 6.07) is 7.66. The molecule has 9 heteroatoms. The van der Waals surface area contributed by atoms with Gasteiger partial charge in [0.2, 0.25) is 5.91 Å². The van der Waals surface area contributed by atoms with Gasteiger partial charge >= 0.3 is 0 Å². The summed E-state index contributed by atoms with van der Waals surface area (Å²) in [7, 11) is 0. The minimum Gasteiger partial charge on any atom is -0.322 e. The molecule has 4 rings (SSSR count). The predicted octanol–water partition coefficient (Wildman–Crippen LogP) is 3.84. The minimum atomic E-state index is -0.367. The molecule has 0 aromatic carbocycles. The predicted molar refractivity (Wildman–Crippen MR) is 105 cm³/mol. The molecule has 1 saturated carbocycles. The number of aromatic nitrogens is 5. The number of hydrogen-bond acceptors (Lipinski definition) is 6. The van der Waals surface area contributed by atoms with E-state index in [0.29, 0.717) is 11.7 Å². The van der Waals surface area contributed by atoms with Crippen molar-refractivity contribution in [1.29, 1.82) is 0 Å². The highest BCUT2D eigenvalue weighted by atomic mass is 35.5. The van der Waals surface area contributed by atoms with Crippen molar-refractivity contribution in [3.8, 4) is 11.4 Å². The first kappa shape index (κ1) is 17.9. The average Bonchev–Trinajstić information content (AvgIpc) is 3.44. The molecule has 1 N–H and O–H groups in total. The smallest absolute Gasteiger partial charge is 0.237 e. The van der Waals surface area contributed by atoms with Gasteiger partial charge in [-0.05, 0) is 44.0 Å². The van der Waals surface area contributed by atoms with E-state index in [0.717, 1.165) is 29.4 Å². The molecule has 0 saturated heterocycles. The molecule has 3 heterocycles. The van der Waals surface area contributed by atoms with Crippen molar-refractivity contribution in [2.45, 2.75) is 36.2 Å². The van der Waals surface area contributed by atoms with Crippen molar-refractivity contribution in [3.05, 3.63) is 48.0 Å². The van der Waals surface area contributed by atoms with Crippen LogP contribution in [0.25, 0.3) is 11.4 Å². The van der Waals surface area contributed by atoms with Crippen LogP contribution in [0.3, 0.4) is 0 Å². The maximum Gasteiger partial charge on any atom is 0.237 e. The van der Waals surface area contributed by atoms with E-state index in [4.69, 9.17) is 11.6 Å². The molecule has 1 aliphatic rings. The van der Waals surface area contributed by atoms with Gasteiger partial charge in [0, 0.05) is 30.2 Å². The fraction of sp³-hybridized carbons (Fsp3) is 0.278. The van der Waals surface area contributed by atoms with Crippen LogP contribution in [0, 0.1) is 0 Å². The zero-order valence-electron chi connectivity index (χ0n) is 14.5. The number of halogens is 1.